The van der Waals surface area contributed by atoms with E-state index in [1.807, 2.05) is 50.2 Å². The number of anilines is 1. The molecule has 0 bridgehead atoms. The molecule has 1 N–H and O–H groups in total. The second-order valence-electron chi connectivity index (χ2n) is 10.6. The van der Waals surface area contributed by atoms with Gasteiger partial charge in [-0.2, -0.15) is 0 Å². The lowest BCUT2D eigenvalue weighted by atomic mass is 10.1. The number of carbonyl (C=O) groups is 2. The van der Waals surface area contributed by atoms with Crippen LogP contribution in [0.5, 0.6) is 17.2 Å². The van der Waals surface area contributed by atoms with E-state index in [2.05, 4.69) is 5.32 Å². The van der Waals surface area contributed by atoms with Gasteiger partial charge in [-0.1, -0.05) is 55.0 Å². The van der Waals surface area contributed by atoms with Gasteiger partial charge in [0.05, 0.1) is 17.7 Å². The summed E-state index contributed by atoms with van der Waals surface area (Å²) in [6.07, 6.45) is 0.731. The van der Waals surface area contributed by atoms with Gasteiger partial charge in [0, 0.05) is 13.1 Å². The number of amides is 2. The molecule has 0 aliphatic carbocycles. The van der Waals surface area contributed by atoms with E-state index >= 15 is 0 Å². The van der Waals surface area contributed by atoms with Crippen LogP contribution in [0.25, 0.3) is 0 Å². The topological polar surface area (TPSA) is 105 Å². The number of carbonyl (C=O) groups excluding carboxylic acids is 2. The third-order valence-corrected chi connectivity index (χ3v) is 8.98. The minimum Gasteiger partial charge on any atom is -0.497 e. The first-order chi connectivity index (χ1) is 21.6. The maximum absolute atomic E-state index is 14.1. The standard InChI is InChI=1S/C35H39N3O6S/c1-5-22-36-35(40)27(3)37(24-28-10-9-13-32(23-28)43-4)34(39)25-38(45(41,42)33-20-14-26(2)15-21-33)29-16-18-31(19-17-29)44-30-11-7-6-8-12-30/h6-21,23,27H,5,22,24-25H2,1-4H3,(H,36,40). The number of hydrogen-bond donors (Lipinski definition) is 1. The summed E-state index contributed by atoms with van der Waals surface area (Å²) in [6.45, 7) is 5.43. The highest BCUT2D eigenvalue weighted by atomic mass is 32.2. The first-order valence-corrected chi connectivity index (χ1v) is 16.2. The lowest BCUT2D eigenvalue weighted by Crippen LogP contribution is -2.51. The highest BCUT2D eigenvalue weighted by molar-refractivity contribution is 7.92. The van der Waals surface area contributed by atoms with Crippen molar-refractivity contribution < 1.29 is 27.5 Å². The molecule has 0 fully saturated rings. The minimum atomic E-state index is -4.19. The molecule has 236 valence electrons. The Bertz CT molecular complexity index is 1680. The van der Waals surface area contributed by atoms with Crippen LogP contribution in [0, 0.1) is 6.92 Å². The summed E-state index contributed by atoms with van der Waals surface area (Å²) in [5.74, 6) is 0.864. The van der Waals surface area contributed by atoms with Crippen LogP contribution < -0.4 is 19.1 Å². The number of methoxy groups -OCH3 is 1. The van der Waals surface area contributed by atoms with Gasteiger partial charge < -0.3 is 19.7 Å². The first-order valence-electron chi connectivity index (χ1n) is 14.7. The lowest BCUT2D eigenvalue weighted by molar-refractivity contribution is -0.139. The number of benzene rings is 4. The van der Waals surface area contributed by atoms with Crippen LogP contribution in [0.15, 0.2) is 108 Å². The molecule has 4 aromatic carbocycles. The van der Waals surface area contributed by atoms with Gasteiger partial charge in [-0.15, -0.1) is 0 Å². The SMILES string of the molecule is CCCNC(=O)C(C)N(Cc1cccc(OC)c1)C(=O)CN(c1ccc(Oc2ccccc2)cc1)S(=O)(=O)c1ccc(C)cc1. The number of ether oxygens (including phenoxy) is 2. The molecule has 2 amide bonds. The summed E-state index contributed by atoms with van der Waals surface area (Å²) in [7, 11) is -2.64. The molecule has 0 aliphatic heterocycles. The number of rotatable bonds is 14. The largest absolute Gasteiger partial charge is 0.497 e. The van der Waals surface area contributed by atoms with Crippen molar-refractivity contribution >= 4 is 27.5 Å². The number of para-hydroxylation sites is 1. The van der Waals surface area contributed by atoms with E-state index in [4.69, 9.17) is 9.47 Å². The van der Waals surface area contributed by atoms with Crippen LogP contribution in [-0.2, 0) is 26.2 Å². The lowest BCUT2D eigenvalue weighted by Gasteiger charge is -2.32. The molecule has 0 heterocycles. The fourth-order valence-electron chi connectivity index (χ4n) is 4.62. The number of nitrogens with zero attached hydrogens (tertiary/aromatic N) is 2. The average Bonchev–Trinajstić information content (AvgIpc) is 3.05. The Kier molecular flexibility index (Phi) is 11.2. The summed E-state index contributed by atoms with van der Waals surface area (Å²) in [4.78, 5) is 28.6. The number of aryl methyl sites for hydroxylation is 1. The molecule has 1 atom stereocenters. The van der Waals surface area contributed by atoms with Crippen LogP contribution >= 0.6 is 0 Å². The Balaban J connectivity index is 1.70. The van der Waals surface area contributed by atoms with Crippen molar-refractivity contribution in [2.45, 2.75) is 44.7 Å². The van der Waals surface area contributed by atoms with Crippen molar-refractivity contribution in [3.05, 3.63) is 114 Å². The smallest absolute Gasteiger partial charge is 0.264 e. The maximum atomic E-state index is 14.1. The van der Waals surface area contributed by atoms with Crippen molar-refractivity contribution in [3.63, 3.8) is 0 Å². The fraction of sp³-hybridized carbons (Fsp3) is 0.257. The number of nitrogens with one attached hydrogen (secondary N) is 1. The predicted molar refractivity (Wildman–Crippen MR) is 175 cm³/mol. The molecule has 9 nitrogen and oxygen atoms in total. The molecule has 45 heavy (non-hydrogen) atoms. The van der Waals surface area contributed by atoms with E-state index < -0.39 is 28.5 Å². The second kappa shape index (κ2) is 15.3. The molecule has 0 saturated heterocycles. The van der Waals surface area contributed by atoms with Gasteiger partial charge in [0.2, 0.25) is 11.8 Å². The third kappa shape index (κ3) is 8.63. The Labute approximate surface area is 265 Å². The molecule has 4 rings (SSSR count). The number of hydrogen-bond acceptors (Lipinski definition) is 6. The monoisotopic (exact) mass is 629 g/mol. The highest BCUT2D eigenvalue weighted by Gasteiger charge is 2.32. The Morgan fingerprint density at radius 2 is 1.49 bits per heavy atom. The van der Waals surface area contributed by atoms with Crippen molar-refractivity contribution in [1.29, 1.82) is 0 Å². The van der Waals surface area contributed by atoms with Crippen molar-refractivity contribution in [2.75, 3.05) is 24.5 Å². The van der Waals surface area contributed by atoms with Crippen molar-refractivity contribution in [2.24, 2.45) is 0 Å². The molecular formula is C35H39N3O6S. The van der Waals surface area contributed by atoms with Crippen LogP contribution in [0.4, 0.5) is 5.69 Å². The van der Waals surface area contributed by atoms with E-state index in [0.29, 0.717) is 23.8 Å². The first kappa shape index (κ1) is 33.1. The van der Waals surface area contributed by atoms with E-state index in [-0.39, 0.29) is 23.0 Å². The maximum Gasteiger partial charge on any atom is 0.264 e. The second-order valence-corrected chi connectivity index (χ2v) is 12.4. The van der Waals surface area contributed by atoms with E-state index in [9.17, 15) is 18.0 Å². The van der Waals surface area contributed by atoms with Gasteiger partial charge >= 0.3 is 0 Å². The minimum absolute atomic E-state index is 0.0404. The normalized spacial score (nSPS) is 11.7. The Morgan fingerprint density at radius 3 is 2.13 bits per heavy atom. The zero-order valence-electron chi connectivity index (χ0n) is 26.0. The van der Waals surface area contributed by atoms with E-state index in [0.717, 1.165) is 21.9 Å². The quantitative estimate of drug-likeness (QED) is 0.185. The van der Waals surface area contributed by atoms with Gasteiger partial charge in [-0.25, -0.2) is 8.42 Å². The van der Waals surface area contributed by atoms with Gasteiger partial charge in [-0.3, -0.25) is 13.9 Å². The van der Waals surface area contributed by atoms with E-state index in [1.165, 1.54) is 17.0 Å². The van der Waals surface area contributed by atoms with Crippen LogP contribution in [0.3, 0.4) is 0 Å². The Hall–Kier alpha value is -4.83. The summed E-state index contributed by atoms with van der Waals surface area (Å²) < 4.78 is 40.5. The summed E-state index contributed by atoms with van der Waals surface area (Å²) >= 11 is 0. The third-order valence-electron chi connectivity index (χ3n) is 7.20. The molecule has 0 radical (unpaired) electrons. The Morgan fingerprint density at radius 1 is 0.844 bits per heavy atom. The summed E-state index contributed by atoms with van der Waals surface area (Å²) in [5.41, 5.74) is 1.90. The summed E-state index contributed by atoms with van der Waals surface area (Å²) in [6, 6.07) is 28.5. The highest BCUT2D eigenvalue weighted by Crippen LogP contribution is 2.29. The van der Waals surface area contributed by atoms with Crippen LogP contribution in [0.2, 0.25) is 0 Å². The molecule has 0 saturated carbocycles. The molecule has 4 aromatic rings. The predicted octanol–water partition coefficient (Wildman–Crippen LogP) is 5.93. The average molecular weight is 630 g/mol. The van der Waals surface area contributed by atoms with E-state index in [1.54, 1.807) is 68.6 Å². The molecule has 10 heteroatoms. The number of sulfonamides is 1. The van der Waals surface area contributed by atoms with Crippen LogP contribution in [0.1, 0.15) is 31.4 Å². The van der Waals surface area contributed by atoms with Crippen molar-refractivity contribution in [3.8, 4) is 17.2 Å². The van der Waals surface area contributed by atoms with Gasteiger partial charge in [-0.05, 0) is 86.5 Å². The zero-order chi connectivity index (χ0) is 32.4. The molecule has 0 aromatic heterocycles. The van der Waals surface area contributed by atoms with Gasteiger partial charge in [0.1, 0.15) is 29.8 Å². The van der Waals surface area contributed by atoms with Gasteiger partial charge in [0.15, 0.2) is 0 Å². The summed E-state index contributed by atoms with van der Waals surface area (Å²) in [5, 5.41) is 2.85. The van der Waals surface area contributed by atoms with Crippen LogP contribution in [-0.4, -0.2) is 51.4 Å². The molecule has 0 aliphatic rings. The molecule has 1 unspecified atom stereocenters. The zero-order valence-corrected chi connectivity index (χ0v) is 26.8. The molecule has 0 spiro atoms. The van der Waals surface area contributed by atoms with Gasteiger partial charge in [0.25, 0.3) is 10.0 Å². The van der Waals surface area contributed by atoms with Crippen molar-refractivity contribution in [1.82, 2.24) is 10.2 Å². The fourth-order valence-corrected chi connectivity index (χ4v) is 6.03. The molecular weight excluding hydrogens is 590 g/mol.